The number of carbonyl (C=O) groups is 1. The van der Waals surface area contributed by atoms with E-state index in [0.29, 0.717) is 24.4 Å². The van der Waals surface area contributed by atoms with Gasteiger partial charge in [-0.15, -0.1) is 5.10 Å². The van der Waals surface area contributed by atoms with Gasteiger partial charge in [0.2, 0.25) is 11.6 Å². The SMILES string of the molecule is CCc1nc(C(CC)(OC)OC)nn1Cc1ccc(-c2ccccc2C(=O)O)cc1. The second-order valence-electron chi connectivity index (χ2n) is 6.93. The van der Waals surface area contributed by atoms with Crippen molar-refractivity contribution in [1.29, 1.82) is 0 Å². The highest BCUT2D eigenvalue weighted by atomic mass is 16.7. The number of ether oxygens (including phenoxy) is 2. The summed E-state index contributed by atoms with van der Waals surface area (Å²) in [5, 5.41) is 14.1. The quantitative estimate of drug-likeness (QED) is 0.535. The van der Waals surface area contributed by atoms with Crippen molar-refractivity contribution in [2.75, 3.05) is 14.2 Å². The van der Waals surface area contributed by atoms with E-state index >= 15 is 0 Å². The number of methoxy groups -OCH3 is 2. The first-order chi connectivity index (χ1) is 14.5. The summed E-state index contributed by atoms with van der Waals surface area (Å²) in [6, 6.07) is 14.8. The van der Waals surface area contributed by atoms with Gasteiger partial charge in [0.05, 0.1) is 12.1 Å². The number of carboxylic acid groups (broad SMARTS) is 1. The Morgan fingerprint density at radius 2 is 1.73 bits per heavy atom. The highest BCUT2D eigenvalue weighted by Crippen LogP contribution is 2.28. The Bertz CT molecular complexity index is 999. The standard InChI is InChI=1S/C23H27N3O4/c1-5-20-24-22(23(6-2,29-3)30-4)25-26(20)15-16-11-13-17(14-12-16)18-9-7-8-10-19(18)21(27)28/h7-14H,5-6,15H2,1-4H3,(H,27,28). The number of aryl methyl sites for hydroxylation is 1. The van der Waals surface area contributed by atoms with Gasteiger partial charge in [0.15, 0.2) is 0 Å². The van der Waals surface area contributed by atoms with Gasteiger partial charge in [0.1, 0.15) is 5.82 Å². The number of nitrogens with zero attached hydrogens (tertiary/aromatic N) is 3. The van der Waals surface area contributed by atoms with Crippen LogP contribution in [0.1, 0.15) is 47.8 Å². The molecule has 0 spiro atoms. The van der Waals surface area contributed by atoms with Crippen molar-refractivity contribution in [3.8, 4) is 11.1 Å². The molecule has 7 heteroatoms. The van der Waals surface area contributed by atoms with Crippen LogP contribution < -0.4 is 0 Å². The minimum absolute atomic E-state index is 0.287. The number of carboxylic acids is 1. The average Bonchev–Trinajstić information content (AvgIpc) is 3.19. The monoisotopic (exact) mass is 409 g/mol. The zero-order chi connectivity index (χ0) is 21.7. The van der Waals surface area contributed by atoms with E-state index in [0.717, 1.165) is 23.4 Å². The van der Waals surface area contributed by atoms with Gasteiger partial charge in [-0.25, -0.2) is 14.5 Å². The fourth-order valence-electron chi connectivity index (χ4n) is 3.52. The van der Waals surface area contributed by atoms with E-state index in [1.807, 2.05) is 54.9 Å². The largest absolute Gasteiger partial charge is 0.478 e. The van der Waals surface area contributed by atoms with Crippen LogP contribution in [0.15, 0.2) is 48.5 Å². The zero-order valence-corrected chi connectivity index (χ0v) is 17.8. The van der Waals surface area contributed by atoms with Crippen molar-refractivity contribution >= 4 is 5.97 Å². The van der Waals surface area contributed by atoms with E-state index in [1.165, 1.54) is 0 Å². The molecule has 0 aliphatic carbocycles. The first kappa shape index (κ1) is 21.7. The molecule has 0 saturated heterocycles. The molecule has 1 heterocycles. The van der Waals surface area contributed by atoms with Crippen molar-refractivity contribution in [2.45, 2.75) is 39.0 Å². The predicted molar refractivity (Wildman–Crippen MR) is 113 cm³/mol. The molecule has 30 heavy (non-hydrogen) atoms. The van der Waals surface area contributed by atoms with Crippen LogP contribution >= 0.6 is 0 Å². The van der Waals surface area contributed by atoms with Crippen molar-refractivity contribution in [3.63, 3.8) is 0 Å². The Morgan fingerprint density at radius 3 is 2.30 bits per heavy atom. The molecule has 1 N–H and O–H groups in total. The second kappa shape index (κ2) is 9.19. The van der Waals surface area contributed by atoms with Gasteiger partial charge in [-0.2, -0.15) is 0 Å². The Kier molecular flexibility index (Phi) is 6.64. The summed E-state index contributed by atoms with van der Waals surface area (Å²) in [4.78, 5) is 16.1. The zero-order valence-electron chi connectivity index (χ0n) is 17.8. The Labute approximate surface area is 176 Å². The van der Waals surface area contributed by atoms with Gasteiger partial charge in [-0.05, 0) is 22.8 Å². The van der Waals surface area contributed by atoms with Gasteiger partial charge in [-0.1, -0.05) is 56.3 Å². The number of benzene rings is 2. The predicted octanol–water partition coefficient (Wildman–Crippen LogP) is 4.11. The van der Waals surface area contributed by atoms with Crippen LogP contribution in [-0.4, -0.2) is 40.1 Å². The van der Waals surface area contributed by atoms with E-state index in [2.05, 4.69) is 10.1 Å². The maximum absolute atomic E-state index is 11.5. The van der Waals surface area contributed by atoms with Gasteiger partial charge in [0.25, 0.3) is 0 Å². The lowest BCUT2D eigenvalue weighted by Gasteiger charge is -2.26. The fraction of sp³-hybridized carbons (Fsp3) is 0.348. The lowest BCUT2D eigenvalue weighted by atomic mass is 9.99. The molecule has 0 radical (unpaired) electrons. The molecule has 3 rings (SSSR count). The molecule has 0 atom stereocenters. The van der Waals surface area contributed by atoms with Crippen molar-refractivity contribution in [3.05, 3.63) is 71.3 Å². The molecule has 0 bridgehead atoms. The number of hydrogen-bond donors (Lipinski definition) is 1. The minimum atomic E-state index is -0.959. The average molecular weight is 409 g/mol. The van der Waals surface area contributed by atoms with Crippen LogP contribution in [0.25, 0.3) is 11.1 Å². The van der Waals surface area contributed by atoms with E-state index in [1.54, 1.807) is 26.4 Å². The summed E-state index contributed by atoms with van der Waals surface area (Å²) in [7, 11) is 3.18. The third-order valence-electron chi connectivity index (χ3n) is 5.28. The molecule has 2 aromatic carbocycles. The molecule has 0 unspecified atom stereocenters. The van der Waals surface area contributed by atoms with Crippen LogP contribution in [0, 0.1) is 0 Å². The highest BCUT2D eigenvalue weighted by Gasteiger charge is 2.35. The maximum atomic E-state index is 11.5. The molecule has 0 aliphatic heterocycles. The second-order valence-corrected chi connectivity index (χ2v) is 6.93. The molecule has 0 saturated carbocycles. The maximum Gasteiger partial charge on any atom is 0.336 e. The topological polar surface area (TPSA) is 86.5 Å². The van der Waals surface area contributed by atoms with Gasteiger partial charge >= 0.3 is 5.97 Å². The first-order valence-electron chi connectivity index (χ1n) is 9.94. The molecule has 3 aromatic rings. The number of aromatic nitrogens is 3. The van der Waals surface area contributed by atoms with Crippen LogP contribution in [0.5, 0.6) is 0 Å². The van der Waals surface area contributed by atoms with E-state index in [9.17, 15) is 9.90 Å². The lowest BCUT2D eigenvalue weighted by molar-refractivity contribution is -0.222. The van der Waals surface area contributed by atoms with E-state index in [4.69, 9.17) is 9.47 Å². The molecule has 0 amide bonds. The summed E-state index contributed by atoms with van der Waals surface area (Å²) >= 11 is 0. The number of rotatable bonds is 9. The minimum Gasteiger partial charge on any atom is -0.478 e. The third-order valence-corrected chi connectivity index (χ3v) is 5.28. The molecule has 158 valence electrons. The van der Waals surface area contributed by atoms with Crippen LogP contribution in [0.3, 0.4) is 0 Å². The van der Waals surface area contributed by atoms with E-state index < -0.39 is 11.8 Å². The van der Waals surface area contributed by atoms with Gasteiger partial charge in [0, 0.05) is 27.1 Å². The third kappa shape index (κ3) is 4.13. The van der Waals surface area contributed by atoms with E-state index in [-0.39, 0.29) is 5.56 Å². The summed E-state index contributed by atoms with van der Waals surface area (Å²) in [6.07, 6.45) is 1.31. The number of hydrogen-bond acceptors (Lipinski definition) is 5. The molecular formula is C23H27N3O4. The Balaban J connectivity index is 1.89. The van der Waals surface area contributed by atoms with Crippen LogP contribution in [0.4, 0.5) is 0 Å². The van der Waals surface area contributed by atoms with Gasteiger partial charge in [-0.3, -0.25) is 0 Å². The molecule has 1 aromatic heterocycles. The first-order valence-corrected chi connectivity index (χ1v) is 9.94. The molecular weight excluding hydrogens is 382 g/mol. The summed E-state index contributed by atoms with van der Waals surface area (Å²) in [5.74, 6) is -0.538. The fourth-order valence-corrected chi connectivity index (χ4v) is 3.52. The normalized spacial score (nSPS) is 11.6. The molecule has 0 aliphatic rings. The van der Waals surface area contributed by atoms with Crippen molar-refractivity contribution < 1.29 is 19.4 Å². The summed E-state index contributed by atoms with van der Waals surface area (Å²) in [6.45, 7) is 4.54. The lowest BCUT2D eigenvalue weighted by Crippen LogP contribution is -2.31. The smallest absolute Gasteiger partial charge is 0.336 e. The van der Waals surface area contributed by atoms with Crippen LogP contribution in [-0.2, 0) is 28.2 Å². The highest BCUT2D eigenvalue weighted by molar-refractivity contribution is 5.95. The molecule has 7 nitrogen and oxygen atoms in total. The van der Waals surface area contributed by atoms with Crippen LogP contribution in [0.2, 0.25) is 0 Å². The molecule has 0 fully saturated rings. The van der Waals surface area contributed by atoms with Crippen molar-refractivity contribution in [2.24, 2.45) is 0 Å². The Morgan fingerprint density at radius 1 is 1.07 bits per heavy atom. The Hall–Kier alpha value is -3.03. The number of aromatic carboxylic acids is 1. The summed E-state index contributed by atoms with van der Waals surface area (Å²) < 4.78 is 13.0. The van der Waals surface area contributed by atoms with Crippen molar-refractivity contribution in [1.82, 2.24) is 14.8 Å². The van der Waals surface area contributed by atoms with Gasteiger partial charge < -0.3 is 14.6 Å². The summed E-state index contributed by atoms with van der Waals surface area (Å²) in [5.41, 5.74) is 2.88.